The van der Waals surface area contributed by atoms with Crippen LogP contribution in [-0.4, -0.2) is 4.98 Å². The van der Waals surface area contributed by atoms with E-state index in [4.69, 9.17) is 0 Å². The van der Waals surface area contributed by atoms with E-state index in [1.54, 1.807) is 0 Å². The Labute approximate surface area is 202 Å². The van der Waals surface area contributed by atoms with E-state index in [0.717, 1.165) is 0 Å². The molecule has 0 N–H and O–H groups in total. The monoisotopic (exact) mass is 442 g/mol. The molecule has 3 aliphatic rings. The summed E-state index contributed by atoms with van der Waals surface area (Å²) in [5.74, 6) is 0. The predicted molar refractivity (Wildman–Crippen MR) is 141 cm³/mol. The number of hydrogen-bond donors (Lipinski definition) is 0. The van der Waals surface area contributed by atoms with E-state index in [1.807, 2.05) is 18.5 Å². The van der Waals surface area contributed by atoms with Crippen molar-refractivity contribution in [3.05, 3.63) is 106 Å². The van der Waals surface area contributed by atoms with Crippen molar-refractivity contribution in [2.24, 2.45) is 0 Å². The minimum Gasteiger partial charge on any atom is -0.309 e. The van der Waals surface area contributed by atoms with Gasteiger partial charge in [-0.3, -0.25) is 4.98 Å². The molecule has 0 saturated heterocycles. The van der Waals surface area contributed by atoms with Crippen LogP contribution in [0.3, 0.4) is 0 Å². The summed E-state index contributed by atoms with van der Waals surface area (Å²) in [7, 11) is 0. The summed E-state index contributed by atoms with van der Waals surface area (Å²) in [5.41, 5.74) is 14.8. The summed E-state index contributed by atoms with van der Waals surface area (Å²) in [6.45, 7) is 14.4. The third-order valence-electron chi connectivity index (χ3n) is 8.89. The molecule has 34 heavy (non-hydrogen) atoms. The average Bonchev–Trinajstić information content (AvgIpc) is 2.83. The topological polar surface area (TPSA) is 16.1 Å². The molecule has 0 unspecified atom stereocenters. The van der Waals surface area contributed by atoms with E-state index >= 15 is 0 Å². The molecule has 2 nitrogen and oxygen atoms in total. The van der Waals surface area contributed by atoms with Crippen molar-refractivity contribution in [1.82, 2.24) is 4.98 Å². The van der Waals surface area contributed by atoms with Crippen LogP contribution < -0.4 is 4.90 Å². The van der Waals surface area contributed by atoms with Gasteiger partial charge in [0.05, 0.1) is 17.1 Å². The molecule has 4 aromatic rings. The smallest absolute Gasteiger partial charge is 0.0544 e. The van der Waals surface area contributed by atoms with E-state index < -0.39 is 0 Å². The van der Waals surface area contributed by atoms with Crippen molar-refractivity contribution in [1.29, 1.82) is 0 Å². The molecule has 0 atom stereocenters. The van der Waals surface area contributed by atoms with Crippen molar-refractivity contribution in [2.45, 2.75) is 57.8 Å². The number of nitrogens with zero attached hydrogens (tertiary/aromatic N) is 2. The Balaban J connectivity index is 1.68. The van der Waals surface area contributed by atoms with Crippen LogP contribution in [0.25, 0.3) is 11.1 Å². The molecule has 3 aromatic carbocycles. The Morgan fingerprint density at radius 2 is 0.971 bits per heavy atom. The Bertz CT molecular complexity index is 1430. The van der Waals surface area contributed by atoms with E-state index in [1.165, 1.54) is 61.6 Å². The summed E-state index contributed by atoms with van der Waals surface area (Å²) < 4.78 is 0. The quantitative estimate of drug-likeness (QED) is 0.296. The second-order valence-corrected chi connectivity index (χ2v) is 11.8. The van der Waals surface area contributed by atoms with Crippen LogP contribution in [-0.2, 0) is 16.2 Å². The highest BCUT2D eigenvalue weighted by molar-refractivity contribution is 5.99. The number of pyridine rings is 1. The van der Waals surface area contributed by atoms with Gasteiger partial charge in [-0.25, -0.2) is 0 Å². The largest absolute Gasteiger partial charge is 0.309 e. The minimum absolute atomic E-state index is 0.0516. The molecule has 7 rings (SSSR count). The number of para-hydroxylation sites is 2. The third kappa shape index (κ3) is 2.15. The lowest BCUT2D eigenvalue weighted by Crippen LogP contribution is -2.43. The van der Waals surface area contributed by atoms with Gasteiger partial charge in [0.15, 0.2) is 0 Å². The molecule has 0 amide bonds. The molecule has 1 aromatic heterocycles. The van der Waals surface area contributed by atoms with Crippen LogP contribution in [0.2, 0.25) is 0 Å². The standard InChI is InChI=1S/C32H30N2/c1-30(2)21-11-7-13-23-27(21)34-28-22(30)12-8-14-24(28)32(5,6)26-17-20(19-10-9-15-33-18-19)16-25(29(26)34)31(23,3)4/h7-18H,1-6H3. The lowest BCUT2D eigenvalue weighted by Gasteiger charge is -2.55. The van der Waals surface area contributed by atoms with Gasteiger partial charge in [0.25, 0.3) is 0 Å². The van der Waals surface area contributed by atoms with E-state index in [-0.39, 0.29) is 16.2 Å². The second kappa shape index (κ2) is 5.99. The second-order valence-electron chi connectivity index (χ2n) is 11.8. The van der Waals surface area contributed by atoms with Crippen LogP contribution in [0.4, 0.5) is 17.1 Å². The Kier molecular flexibility index (Phi) is 3.53. The average molecular weight is 443 g/mol. The summed E-state index contributed by atoms with van der Waals surface area (Å²) in [6, 6.07) is 23.0. The number of aromatic nitrogens is 1. The van der Waals surface area contributed by atoms with Crippen LogP contribution in [0.1, 0.15) is 74.9 Å². The third-order valence-corrected chi connectivity index (χ3v) is 8.89. The van der Waals surface area contributed by atoms with Crippen LogP contribution in [0.15, 0.2) is 73.1 Å². The highest BCUT2D eigenvalue weighted by Gasteiger charge is 2.51. The van der Waals surface area contributed by atoms with Crippen molar-refractivity contribution in [3.8, 4) is 11.1 Å². The van der Waals surface area contributed by atoms with Gasteiger partial charge in [-0.05, 0) is 57.1 Å². The molecule has 168 valence electrons. The summed E-state index contributed by atoms with van der Waals surface area (Å²) in [6.07, 6.45) is 3.84. The fraction of sp³-hybridized carbons (Fsp3) is 0.281. The molecule has 3 aliphatic heterocycles. The normalized spacial score (nSPS) is 18.9. The summed E-state index contributed by atoms with van der Waals surface area (Å²) >= 11 is 0. The van der Waals surface area contributed by atoms with Gasteiger partial charge in [-0.2, -0.15) is 0 Å². The fourth-order valence-electron chi connectivity index (χ4n) is 6.89. The van der Waals surface area contributed by atoms with Gasteiger partial charge in [0, 0.05) is 34.2 Å². The molecule has 2 heteroatoms. The van der Waals surface area contributed by atoms with E-state index in [9.17, 15) is 0 Å². The van der Waals surface area contributed by atoms with Gasteiger partial charge in [-0.15, -0.1) is 0 Å². The van der Waals surface area contributed by atoms with Crippen molar-refractivity contribution in [2.75, 3.05) is 4.90 Å². The fourth-order valence-corrected chi connectivity index (χ4v) is 6.89. The molecule has 0 aliphatic carbocycles. The first kappa shape index (κ1) is 20.0. The van der Waals surface area contributed by atoms with Gasteiger partial charge in [0.1, 0.15) is 0 Å². The lowest BCUT2D eigenvalue weighted by molar-refractivity contribution is 0.567. The summed E-state index contributed by atoms with van der Waals surface area (Å²) in [5, 5.41) is 0. The minimum atomic E-state index is -0.111. The first-order valence-corrected chi connectivity index (χ1v) is 12.3. The number of hydrogen-bond acceptors (Lipinski definition) is 2. The Morgan fingerprint density at radius 1 is 0.529 bits per heavy atom. The first-order valence-electron chi connectivity index (χ1n) is 12.3. The number of benzene rings is 3. The van der Waals surface area contributed by atoms with Crippen LogP contribution in [0, 0.1) is 0 Å². The SMILES string of the molecule is CC1(C)c2cccc3c2N2c4c1cccc4C(C)(C)c1cc(-c4cccnc4)cc(c12)C3(C)C. The highest BCUT2D eigenvalue weighted by atomic mass is 15.2. The van der Waals surface area contributed by atoms with Gasteiger partial charge >= 0.3 is 0 Å². The first-order chi connectivity index (χ1) is 16.1. The number of rotatable bonds is 1. The molecule has 0 saturated carbocycles. The molecular weight excluding hydrogens is 412 g/mol. The van der Waals surface area contributed by atoms with Crippen molar-refractivity contribution in [3.63, 3.8) is 0 Å². The molecule has 4 heterocycles. The van der Waals surface area contributed by atoms with Gasteiger partial charge in [-0.1, -0.05) is 84.0 Å². The number of anilines is 3. The molecule has 0 radical (unpaired) electrons. The molecule has 0 bridgehead atoms. The van der Waals surface area contributed by atoms with Crippen molar-refractivity contribution >= 4 is 17.1 Å². The molecular formula is C32H30N2. The zero-order valence-corrected chi connectivity index (χ0v) is 20.8. The van der Waals surface area contributed by atoms with Gasteiger partial charge < -0.3 is 4.90 Å². The van der Waals surface area contributed by atoms with E-state index in [2.05, 4.69) is 106 Å². The Morgan fingerprint density at radius 3 is 1.41 bits per heavy atom. The lowest BCUT2D eigenvalue weighted by atomic mass is 9.60. The Hall–Kier alpha value is -3.39. The zero-order chi connectivity index (χ0) is 23.6. The highest BCUT2D eigenvalue weighted by Crippen LogP contribution is 2.66. The summed E-state index contributed by atoms with van der Waals surface area (Å²) in [4.78, 5) is 7.05. The molecule has 0 fully saturated rings. The van der Waals surface area contributed by atoms with Crippen LogP contribution in [0.5, 0.6) is 0 Å². The maximum atomic E-state index is 4.43. The van der Waals surface area contributed by atoms with Crippen LogP contribution >= 0.6 is 0 Å². The van der Waals surface area contributed by atoms with Crippen molar-refractivity contribution < 1.29 is 0 Å². The molecule has 0 spiro atoms. The maximum absolute atomic E-state index is 4.43. The predicted octanol–water partition coefficient (Wildman–Crippen LogP) is 8.14. The van der Waals surface area contributed by atoms with Gasteiger partial charge in [0.2, 0.25) is 0 Å². The zero-order valence-electron chi connectivity index (χ0n) is 20.8. The maximum Gasteiger partial charge on any atom is 0.0544 e. The van der Waals surface area contributed by atoms with E-state index in [0.29, 0.717) is 0 Å².